The first-order chi connectivity index (χ1) is 35.1. The minimum Gasteiger partial charge on any atom is -0.383 e. The number of alkyl halides is 1. The van der Waals surface area contributed by atoms with Gasteiger partial charge in [-0.2, -0.15) is 15.8 Å². The number of aryl methyl sites for hydroxylation is 3. The zero-order valence-corrected chi connectivity index (χ0v) is 44.5. The summed E-state index contributed by atoms with van der Waals surface area (Å²) in [5, 5.41) is 26.8. The number of hydrogen-bond acceptors (Lipinski definition) is 15. The third-order valence-corrected chi connectivity index (χ3v) is 11.5. The van der Waals surface area contributed by atoms with E-state index in [0.717, 1.165) is 78.1 Å². The number of likely N-dealkylation sites (N-methyl/N-ethyl adjacent to an activating group) is 2. The van der Waals surface area contributed by atoms with Gasteiger partial charge in [0.1, 0.15) is 34.9 Å². The molecule has 20 heteroatoms. The van der Waals surface area contributed by atoms with Gasteiger partial charge >= 0.3 is 0 Å². The molecule has 0 saturated heterocycles. The van der Waals surface area contributed by atoms with Crippen molar-refractivity contribution in [2.45, 2.75) is 72.1 Å². The summed E-state index contributed by atoms with van der Waals surface area (Å²) in [4.78, 5) is 55.4. The fraction of sp³-hybridized carbons (Fsp3) is 0.453. The molecule has 0 saturated carbocycles. The first-order valence-electron chi connectivity index (χ1n) is 24.0. The molecule has 0 atom stereocenters. The Bertz CT molecular complexity index is 2980. The summed E-state index contributed by atoms with van der Waals surface area (Å²) >= 11 is 0. The first-order valence-corrected chi connectivity index (χ1v) is 23.3. The molecule has 0 aliphatic carbocycles. The summed E-state index contributed by atoms with van der Waals surface area (Å²) in [6.07, 6.45) is 14.8. The van der Waals surface area contributed by atoms with E-state index in [0.29, 0.717) is 42.0 Å². The van der Waals surface area contributed by atoms with E-state index in [-0.39, 0.29) is 34.2 Å². The molecule has 0 radical (unpaired) electrons. The van der Waals surface area contributed by atoms with Crippen LogP contribution in [0.15, 0.2) is 61.8 Å². The molecule has 394 valence electrons. The van der Waals surface area contributed by atoms with E-state index in [1.54, 1.807) is 49.3 Å². The minimum atomic E-state index is -1.00. The highest BCUT2D eigenvalue weighted by atomic mass is 19.1. The van der Waals surface area contributed by atoms with E-state index in [4.69, 9.17) is 38.2 Å². The van der Waals surface area contributed by atoms with E-state index in [1.165, 1.54) is 5.69 Å². The second kappa shape index (κ2) is 30.6. The Morgan fingerprint density at radius 1 is 0.753 bits per heavy atom. The molecule has 19 nitrogen and oxygen atoms in total. The molecule has 0 spiro atoms. The van der Waals surface area contributed by atoms with Crippen molar-refractivity contribution in [1.82, 2.24) is 38.0 Å². The Balaban J connectivity index is 0.000000319. The predicted molar refractivity (Wildman–Crippen MR) is 287 cm³/mol. The Hall–Kier alpha value is -7.22. The van der Waals surface area contributed by atoms with Crippen LogP contribution in [0.3, 0.4) is 0 Å². The number of nitrogens with zero attached hydrogens (tertiary/aromatic N) is 11. The summed E-state index contributed by atoms with van der Waals surface area (Å²) < 4.78 is 31.3. The molecule has 0 unspecified atom stereocenters. The second-order valence-corrected chi connectivity index (χ2v) is 17.9. The van der Waals surface area contributed by atoms with E-state index in [2.05, 4.69) is 11.0 Å². The molecular formula is C53H74FN13O6. The topological polar surface area (TPSA) is 243 Å². The van der Waals surface area contributed by atoms with Crippen LogP contribution in [0, 0.1) is 47.8 Å². The molecule has 73 heavy (non-hydrogen) atoms. The number of halogens is 1. The molecule has 0 aromatic carbocycles. The van der Waals surface area contributed by atoms with E-state index < -0.39 is 12.7 Å². The Morgan fingerprint density at radius 3 is 1.74 bits per heavy atom. The van der Waals surface area contributed by atoms with Crippen molar-refractivity contribution in [3.05, 3.63) is 151 Å². The molecule has 4 aromatic heterocycles. The van der Waals surface area contributed by atoms with Crippen LogP contribution in [-0.2, 0) is 54.9 Å². The maximum atomic E-state index is 12.2. The molecule has 3 aliphatic heterocycles. The van der Waals surface area contributed by atoms with E-state index in [9.17, 15) is 23.6 Å². The smallest absolute Gasteiger partial charge is 0.287 e. The number of aromatic nitrogens is 4. The number of nitriles is 3. The molecule has 4 aromatic rings. The lowest BCUT2D eigenvalue weighted by atomic mass is 10.0. The molecule has 0 bridgehead atoms. The molecule has 0 fully saturated rings. The minimum absolute atomic E-state index is 0.114. The number of hydrogen-bond donors (Lipinski definition) is 2. The van der Waals surface area contributed by atoms with Gasteiger partial charge in [0, 0.05) is 101 Å². The largest absolute Gasteiger partial charge is 0.383 e. The van der Waals surface area contributed by atoms with Crippen LogP contribution in [0.1, 0.15) is 75.1 Å². The average Bonchev–Trinajstić information content (AvgIpc) is 4.15. The number of ether oxygens (including phenoxy) is 2. The highest BCUT2D eigenvalue weighted by molar-refractivity contribution is 5.62. The number of pyridine rings is 4. The van der Waals surface area contributed by atoms with Crippen molar-refractivity contribution >= 4 is 18.2 Å². The van der Waals surface area contributed by atoms with Crippen LogP contribution >= 0.6 is 0 Å². The van der Waals surface area contributed by atoms with Gasteiger partial charge in [0.15, 0.2) is 0 Å². The predicted octanol–water partition coefficient (Wildman–Crippen LogP) is 3.25. The Labute approximate surface area is 430 Å². The van der Waals surface area contributed by atoms with Gasteiger partial charge in [-0.3, -0.25) is 28.5 Å². The summed E-state index contributed by atoms with van der Waals surface area (Å²) in [6, 6.07) is 13.5. The fourth-order valence-corrected chi connectivity index (χ4v) is 7.76. The zero-order chi connectivity index (χ0) is 55.8. The van der Waals surface area contributed by atoms with Gasteiger partial charge in [-0.15, -0.1) is 0 Å². The third-order valence-electron chi connectivity index (χ3n) is 11.5. The third kappa shape index (κ3) is 17.2. The van der Waals surface area contributed by atoms with Crippen LogP contribution in [0.2, 0.25) is 0 Å². The number of nitrogen functional groups attached to an aromatic ring is 1. The monoisotopic (exact) mass is 1010 g/mol. The van der Waals surface area contributed by atoms with Crippen LogP contribution in [0.4, 0.5) is 4.39 Å². The maximum Gasteiger partial charge on any atom is 0.287 e. The van der Waals surface area contributed by atoms with E-state index in [1.807, 2.05) is 136 Å². The number of nitrogens with two attached hydrogens (primary N) is 2. The quantitative estimate of drug-likeness (QED) is 0.153. The van der Waals surface area contributed by atoms with Gasteiger partial charge in [-0.05, 0) is 147 Å². The molecule has 7 heterocycles. The zero-order valence-electron chi connectivity index (χ0n) is 45.5. The Morgan fingerprint density at radius 2 is 1.27 bits per heavy atom. The van der Waals surface area contributed by atoms with Crippen molar-refractivity contribution in [1.29, 1.82) is 15.8 Å². The Kier molecular flexibility index (Phi) is 25.2. The second-order valence-electron chi connectivity index (χ2n) is 17.9. The van der Waals surface area contributed by atoms with Crippen LogP contribution < -0.4 is 33.8 Å². The van der Waals surface area contributed by atoms with Gasteiger partial charge in [-0.1, -0.05) is 12.2 Å². The molecule has 7 rings (SSSR count). The number of rotatable bonds is 12. The average molecular weight is 1010 g/mol. The first kappa shape index (κ1) is 60.1. The summed E-state index contributed by atoms with van der Waals surface area (Å²) in [7, 11) is 17.8. The van der Waals surface area contributed by atoms with Crippen molar-refractivity contribution in [3.63, 3.8) is 0 Å². The number of fused-ring (bicyclic) bond motifs is 3. The van der Waals surface area contributed by atoms with Gasteiger partial charge in [-0.25, -0.2) is 4.68 Å². The van der Waals surface area contributed by atoms with Crippen LogP contribution in [0.5, 0.6) is 0 Å². The standard InChI is InChI=1S/C13H21N3O.C13H15N3O.C13H13N3O.C8H9N3O.C5H13NO2.CH3F/c3*1-15(2)7-5-10-8-11-4-3-6-16(11)13(17)12(10)9-14;1-5-3-6(2)11(10)8(12)7(5)4-9;1-6(2)5(7-3)8-4;1-2/h8H,3-7,9,14H2,1-2H3;3-4,8H,5-7H2,1-2H3;3-5,7-8H,6H2,1-2H3;3H,10H2,1-2H3;5H,1-4H3;1H3/b;;7-5+;;;/i;;;;;1D. The van der Waals surface area contributed by atoms with Crippen molar-refractivity contribution in [2.24, 2.45) is 5.73 Å². The van der Waals surface area contributed by atoms with Gasteiger partial charge in [0.05, 0.1) is 8.52 Å². The van der Waals surface area contributed by atoms with Crippen LogP contribution in [0.25, 0.3) is 18.2 Å². The van der Waals surface area contributed by atoms with Crippen molar-refractivity contribution in [3.8, 4) is 18.2 Å². The van der Waals surface area contributed by atoms with Crippen molar-refractivity contribution < 1.29 is 15.2 Å². The molecular weight excluding hydrogens is 934 g/mol. The molecule has 0 amide bonds. The van der Waals surface area contributed by atoms with Crippen LogP contribution in [-0.4, -0.2) is 135 Å². The maximum absolute atomic E-state index is 12.2. The van der Waals surface area contributed by atoms with E-state index >= 15 is 0 Å². The normalized spacial score (nSPS) is 12.3. The molecule has 4 N–H and O–H groups in total. The van der Waals surface area contributed by atoms with Gasteiger partial charge < -0.3 is 49.5 Å². The van der Waals surface area contributed by atoms with Gasteiger partial charge in [0.25, 0.3) is 22.2 Å². The number of allylic oxidation sites excluding steroid dienone is 2. The fourth-order valence-electron chi connectivity index (χ4n) is 7.76. The highest BCUT2D eigenvalue weighted by Gasteiger charge is 2.19. The lowest BCUT2D eigenvalue weighted by Gasteiger charge is -2.19. The summed E-state index contributed by atoms with van der Waals surface area (Å²) in [5.41, 5.74) is 13.4. The highest BCUT2D eigenvalue weighted by Crippen LogP contribution is 2.18. The SMILES string of the molecule is CN(C)/C=C/c1cc2n(c(=O)c1C#N)CC=C2.CN(C)CCc1cc2n(c(=O)c1C#N)CC=C2.CN(C)CCc1cc2n(c(=O)c1CN)CCC2.COC(OC)N(C)C.Cc1cc(C)n(N)c(=O)c1C#N.[2H]CF. The molecule has 3 aliphatic rings. The summed E-state index contributed by atoms with van der Waals surface area (Å²) in [6.45, 7) is 7.56. The lowest BCUT2D eigenvalue weighted by molar-refractivity contribution is -0.179. The summed E-state index contributed by atoms with van der Waals surface area (Å²) in [5.74, 6) is 5.38. The van der Waals surface area contributed by atoms with Gasteiger partial charge in [0.2, 0.25) is 6.41 Å². The van der Waals surface area contributed by atoms with Crippen molar-refractivity contribution in [2.75, 3.05) is 96.7 Å². The number of methoxy groups -OCH3 is 2. The lowest BCUT2D eigenvalue weighted by Crippen LogP contribution is -2.31.